The average molecular weight is 495 g/mol. The number of rotatable bonds is 6. The van der Waals surface area contributed by atoms with Crippen LogP contribution in [0.2, 0.25) is 0 Å². The molecule has 1 saturated heterocycles. The molecule has 3 heterocycles. The third-order valence-corrected chi connectivity index (χ3v) is 7.68. The van der Waals surface area contributed by atoms with E-state index in [9.17, 15) is 4.79 Å². The number of carbonyl (C=O) groups is 1. The second kappa shape index (κ2) is 9.73. The molecule has 1 amide bonds. The van der Waals surface area contributed by atoms with Crippen LogP contribution in [0.25, 0.3) is 15.9 Å². The monoisotopic (exact) mass is 494 g/mol. The summed E-state index contributed by atoms with van der Waals surface area (Å²) in [5.74, 6) is 0.946. The van der Waals surface area contributed by atoms with Crippen molar-refractivity contribution in [2.45, 2.75) is 25.9 Å². The van der Waals surface area contributed by atoms with Crippen molar-refractivity contribution >= 4 is 50.0 Å². The Labute approximate surface area is 206 Å². The minimum Gasteiger partial charge on any atom is -0.378 e. The van der Waals surface area contributed by atoms with Crippen LogP contribution in [0.1, 0.15) is 17.0 Å². The van der Waals surface area contributed by atoms with Crippen LogP contribution in [0.3, 0.4) is 0 Å². The van der Waals surface area contributed by atoms with E-state index in [0.717, 1.165) is 70.0 Å². The highest BCUT2D eigenvalue weighted by Gasteiger charge is 2.17. The molecular formula is C24H26N6O2S2. The summed E-state index contributed by atoms with van der Waals surface area (Å²) in [5, 5.41) is 13.3. The van der Waals surface area contributed by atoms with Crippen molar-refractivity contribution in [2.75, 3.05) is 42.3 Å². The van der Waals surface area contributed by atoms with Gasteiger partial charge < -0.3 is 15.0 Å². The molecule has 0 radical (unpaired) electrons. The van der Waals surface area contributed by atoms with E-state index < -0.39 is 0 Å². The number of fused-ring (bicyclic) bond motifs is 1. The number of aromatic nitrogens is 4. The number of thioether (sulfide) groups is 1. The van der Waals surface area contributed by atoms with Crippen molar-refractivity contribution in [3.05, 3.63) is 53.3 Å². The van der Waals surface area contributed by atoms with Crippen LogP contribution in [0, 0.1) is 20.8 Å². The van der Waals surface area contributed by atoms with Crippen molar-refractivity contribution < 1.29 is 9.53 Å². The van der Waals surface area contributed by atoms with Crippen LogP contribution in [-0.2, 0) is 9.53 Å². The quantitative estimate of drug-likeness (QED) is 0.399. The zero-order chi connectivity index (χ0) is 23.7. The Morgan fingerprint density at radius 1 is 1.12 bits per heavy atom. The van der Waals surface area contributed by atoms with E-state index in [4.69, 9.17) is 9.72 Å². The standard InChI is InChI=1S/C24H26N6O2S2/c1-15-4-5-16(2)20(12-15)30-17(3)27-28-24(30)33-14-22(31)25-18-6-7-19-21(13-18)34-23(26-19)29-8-10-32-11-9-29/h4-7,12-13H,8-11,14H2,1-3H3,(H,25,31). The first-order valence-electron chi connectivity index (χ1n) is 11.1. The summed E-state index contributed by atoms with van der Waals surface area (Å²) in [6, 6.07) is 12.1. The van der Waals surface area contributed by atoms with E-state index in [2.05, 4.69) is 52.5 Å². The summed E-state index contributed by atoms with van der Waals surface area (Å²) in [6.45, 7) is 9.22. The van der Waals surface area contributed by atoms with E-state index in [1.807, 2.05) is 29.7 Å². The van der Waals surface area contributed by atoms with Crippen LogP contribution >= 0.6 is 23.1 Å². The number of benzene rings is 2. The molecule has 10 heteroatoms. The number of ether oxygens (including phenoxy) is 1. The first kappa shape index (κ1) is 22.8. The van der Waals surface area contributed by atoms with E-state index in [0.29, 0.717) is 5.16 Å². The van der Waals surface area contributed by atoms with E-state index in [-0.39, 0.29) is 11.7 Å². The van der Waals surface area contributed by atoms with Gasteiger partial charge in [-0.3, -0.25) is 9.36 Å². The highest BCUT2D eigenvalue weighted by molar-refractivity contribution is 7.99. The Bertz CT molecular complexity index is 1340. The van der Waals surface area contributed by atoms with Gasteiger partial charge in [-0.15, -0.1) is 10.2 Å². The fourth-order valence-corrected chi connectivity index (χ4v) is 5.73. The number of carbonyl (C=O) groups excluding carboxylic acids is 1. The third-order valence-electron chi connectivity index (χ3n) is 5.68. The summed E-state index contributed by atoms with van der Waals surface area (Å²) < 4.78 is 8.50. The maximum atomic E-state index is 12.7. The topological polar surface area (TPSA) is 85.2 Å². The normalized spacial score (nSPS) is 14.0. The van der Waals surface area contributed by atoms with Crippen molar-refractivity contribution in [2.24, 2.45) is 0 Å². The Morgan fingerprint density at radius 2 is 1.94 bits per heavy atom. The molecule has 2 aromatic heterocycles. The first-order valence-corrected chi connectivity index (χ1v) is 12.9. The summed E-state index contributed by atoms with van der Waals surface area (Å²) in [6.07, 6.45) is 0. The van der Waals surface area contributed by atoms with Gasteiger partial charge in [0.1, 0.15) is 5.82 Å². The van der Waals surface area contributed by atoms with Crippen LogP contribution in [0.4, 0.5) is 10.8 Å². The van der Waals surface area contributed by atoms with Gasteiger partial charge in [0.2, 0.25) is 5.91 Å². The molecule has 0 unspecified atom stereocenters. The fourth-order valence-electron chi connectivity index (χ4n) is 3.88. The number of aryl methyl sites for hydroxylation is 3. The summed E-state index contributed by atoms with van der Waals surface area (Å²) in [5.41, 5.74) is 5.04. The van der Waals surface area contributed by atoms with Gasteiger partial charge in [0.15, 0.2) is 10.3 Å². The largest absolute Gasteiger partial charge is 0.378 e. The van der Waals surface area contributed by atoms with Crippen LogP contribution in [-0.4, -0.2) is 57.7 Å². The molecule has 1 N–H and O–H groups in total. The number of hydrogen-bond acceptors (Lipinski definition) is 8. The number of hydrogen-bond donors (Lipinski definition) is 1. The van der Waals surface area contributed by atoms with Crippen molar-refractivity contribution in [1.29, 1.82) is 0 Å². The molecule has 176 valence electrons. The second-order valence-corrected chi connectivity index (χ2v) is 10.2. The molecule has 4 aromatic rings. The summed E-state index contributed by atoms with van der Waals surface area (Å²) in [7, 11) is 0. The third kappa shape index (κ3) is 4.79. The zero-order valence-corrected chi connectivity index (χ0v) is 21.0. The summed E-state index contributed by atoms with van der Waals surface area (Å²) >= 11 is 3.02. The lowest BCUT2D eigenvalue weighted by Crippen LogP contribution is -2.36. The number of nitrogens with one attached hydrogen (secondary N) is 1. The lowest BCUT2D eigenvalue weighted by Gasteiger charge is -2.25. The molecule has 0 aliphatic carbocycles. The van der Waals surface area contributed by atoms with Crippen LogP contribution in [0.5, 0.6) is 0 Å². The van der Waals surface area contributed by atoms with Gasteiger partial charge in [-0.1, -0.05) is 35.2 Å². The first-order chi connectivity index (χ1) is 16.5. The molecule has 1 aliphatic heterocycles. The predicted octanol–water partition coefficient (Wildman–Crippen LogP) is 4.37. The second-order valence-electron chi connectivity index (χ2n) is 8.27. The highest BCUT2D eigenvalue weighted by Crippen LogP contribution is 2.31. The number of amides is 1. The Hall–Kier alpha value is -2.95. The molecule has 34 heavy (non-hydrogen) atoms. The van der Waals surface area contributed by atoms with Crippen molar-refractivity contribution in [3.63, 3.8) is 0 Å². The Kier molecular flexibility index (Phi) is 6.53. The molecule has 0 saturated carbocycles. The average Bonchev–Trinajstić information content (AvgIpc) is 3.43. The lowest BCUT2D eigenvalue weighted by atomic mass is 10.1. The van der Waals surface area contributed by atoms with Crippen LogP contribution in [0.15, 0.2) is 41.6 Å². The molecule has 1 aliphatic rings. The van der Waals surface area contributed by atoms with Gasteiger partial charge in [-0.2, -0.15) is 0 Å². The number of nitrogens with zero attached hydrogens (tertiary/aromatic N) is 5. The molecule has 5 rings (SSSR count). The van der Waals surface area contributed by atoms with Gasteiger partial charge in [-0.25, -0.2) is 4.98 Å². The Morgan fingerprint density at radius 3 is 2.76 bits per heavy atom. The summed E-state index contributed by atoms with van der Waals surface area (Å²) in [4.78, 5) is 19.7. The predicted molar refractivity (Wildman–Crippen MR) is 138 cm³/mol. The molecule has 0 atom stereocenters. The highest BCUT2D eigenvalue weighted by atomic mass is 32.2. The maximum Gasteiger partial charge on any atom is 0.234 e. The smallest absolute Gasteiger partial charge is 0.234 e. The van der Waals surface area contributed by atoms with Gasteiger partial charge in [-0.05, 0) is 56.2 Å². The number of anilines is 2. The van der Waals surface area contributed by atoms with Crippen molar-refractivity contribution in [1.82, 2.24) is 19.7 Å². The maximum absolute atomic E-state index is 12.7. The minimum absolute atomic E-state index is 0.0876. The van der Waals surface area contributed by atoms with Gasteiger partial charge in [0, 0.05) is 18.8 Å². The molecule has 2 aromatic carbocycles. The molecule has 0 spiro atoms. The molecule has 8 nitrogen and oxygen atoms in total. The zero-order valence-electron chi connectivity index (χ0n) is 19.4. The van der Waals surface area contributed by atoms with Gasteiger partial charge in [0.05, 0.1) is 34.9 Å². The van der Waals surface area contributed by atoms with Crippen LogP contribution < -0.4 is 10.2 Å². The van der Waals surface area contributed by atoms with Gasteiger partial charge >= 0.3 is 0 Å². The van der Waals surface area contributed by atoms with E-state index >= 15 is 0 Å². The van der Waals surface area contributed by atoms with E-state index in [1.54, 1.807) is 11.3 Å². The molecule has 0 bridgehead atoms. The lowest BCUT2D eigenvalue weighted by molar-refractivity contribution is -0.113. The Balaban J connectivity index is 1.27. The molecular weight excluding hydrogens is 468 g/mol. The fraction of sp³-hybridized carbons (Fsp3) is 0.333. The number of thiazole rings is 1. The molecule has 1 fully saturated rings. The van der Waals surface area contributed by atoms with E-state index in [1.165, 1.54) is 11.8 Å². The van der Waals surface area contributed by atoms with Gasteiger partial charge in [0.25, 0.3) is 0 Å². The van der Waals surface area contributed by atoms with Crippen molar-refractivity contribution in [3.8, 4) is 5.69 Å². The number of morpholine rings is 1. The minimum atomic E-state index is -0.0876. The SMILES string of the molecule is Cc1ccc(C)c(-n2c(C)nnc2SCC(=O)Nc2ccc3nc(N4CCOCC4)sc3c2)c1.